The van der Waals surface area contributed by atoms with Crippen LogP contribution in [0.1, 0.15) is 29.3 Å². The number of hydrogen-bond acceptors (Lipinski definition) is 4. The molecule has 2 aromatic carbocycles. The normalized spacial score (nSPS) is 10.4. The van der Waals surface area contributed by atoms with Crippen molar-refractivity contribution < 1.29 is 18.7 Å². The Balaban J connectivity index is 1.67. The molecule has 0 saturated carbocycles. The number of halogens is 1. The zero-order valence-corrected chi connectivity index (χ0v) is 14.8. The minimum Gasteiger partial charge on any atom is -0.462 e. The molecule has 26 heavy (non-hydrogen) atoms. The topological polar surface area (TPSA) is 67.4 Å². The highest BCUT2D eigenvalue weighted by molar-refractivity contribution is 5.93. The number of hydrogen-bond donors (Lipinski definition) is 2. The molecule has 0 atom stereocenters. The van der Waals surface area contributed by atoms with Gasteiger partial charge in [-0.3, -0.25) is 4.79 Å². The fraction of sp³-hybridized carbons (Fsp3) is 0.300. The highest BCUT2D eigenvalue weighted by atomic mass is 19.1. The molecule has 6 heteroatoms. The van der Waals surface area contributed by atoms with Crippen molar-refractivity contribution in [3.8, 4) is 0 Å². The molecule has 0 heterocycles. The molecule has 0 aliphatic carbocycles. The maximum atomic E-state index is 13.5. The van der Waals surface area contributed by atoms with Crippen LogP contribution in [-0.4, -0.2) is 31.6 Å². The lowest BCUT2D eigenvalue weighted by Gasteiger charge is -2.08. The summed E-state index contributed by atoms with van der Waals surface area (Å²) in [6.45, 7) is 3.17. The van der Waals surface area contributed by atoms with Crippen LogP contribution in [0.15, 0.2) is 48.5 Å². The average molecular weight is 358 g/mol. The fourth-order valence-electron chi connectivity index (χ4n) is 2.38. The lowest BCUT2D eigenvalue weighted by molar-refractivity contribution is -0.116. The van der Waals surface area contributed by atoms with Crippen molar-refractivity contribution in [2.24, 2.45) is 0 Å². The van der Waals surface area contributed by atoms with Gasteiger partial charge in [-0.2, -0.15) is 0 Å². The van der Waals surface area contributed by atoms with Crippen LogP contribution in [0.5, 0.6) is 0 Å². The van der Waals surface area contributed by atoms with Gasteiger partial charge in [0.25, 0.3) is 0 Å². The summed E-state index contributed by atoms with van der Waals surface area (Å²) >= 11 is 0. The molecule has 0 aliphatic rings. The van der Waals surface area contributed by atoms with Crippen LogP contribution in [-0.2, 0) is 16.0 Å². The summed E-state index contributed by atoms with van der Waals surface area (Å²) in [6, 6.07) is 13.2. The molecule has 0 spiro atoms. The van der Waals surface area contributed by atoms with Crippen LogP contribution in [0.25, 0.3) is 0 Å². The quantitative estimate of drug-likeness (QED) is 0.534. The molecular formula is C20H23FN2O3. The first-order valence-electron chi connectivity index (χ1n) is 8.61. The molecule has 0 aliphatic heterocycles. The van der Waals surface area contributed by atoms with Crippen molar-refractivity contribution in [3.63, 3.8) is 0 Å². The molecule has 2 aromatic rings. The molecule has 2 rings (SSSR count). The zero-order chi connectivity index (χ0) is 18.8. The number of ether oxygens (including phenoxy) is 1. The summed E-state index contributed by atoms with van der Waals surface area (Å²) in [6.07, 6.45) is 0.876. The van der Waals surface area contributed by atoms with E-state index in [9.17, 15) is 14.0 Å². The van der Waals surface area contributed by atoms with E-state index < -0.39 is 0 Å². The smallest absolute Gasteiger partial charge is 0.338 e. The summed E-state index contributed by atoms with van der Waals surface area (Å²) in [4.78, 5) is 23.5. The monoisotopic (exact) mass is 358 g/mol. The van der Waals surface area contributed by atoms with Crippen molar-refractivity contribution in [2.45, 2.75) is 19.8 Å². The van der Waals surface area contributed by atoms with Crippen molar-refractivity contribution in [1.82, 2.24) is 5.32 Å². The van der Waals surface area contributed by atoms with Crippen LogP contribution >= 0.6 is 0 Å². The van der Waals surface area contributed by atoms with Crippen molar-refractivity contribution in [1.29, 1.82) is 0 Å². The van der Waals surface area contributed by atoms with Gasteiger partial charge in [0.15, 0.2) is 0 Å². The second-order valence-corrected chi connectivity index (χ2v) is 5.69. The Morgan fingerprint density at radius 3 is 2.46 bits per heavy atom. The lowest BCUT2D eigenvalue weighted by atomic mass is 10.1. The molecule has 0 fully saturated rings. The number of rotatable bonds is 9. The zero-order valence-electron chi connectivity index (χ0n) is 14.8. The van der Waals surface area contributed by atoms with Crippen LogP contribution in [0.2, 0.25) is 0 Å². The Bertz CT molecular complexity index is 732. The van der Waals surface area contributed by atoms with Gasteiger partial charge in [0.2, 0.25) is 5.91 Å². The summed E-state index contributed by atoms with van der Waals surface area (Å²) in [5.74, 6) is -0.727. The number of nitrogens with one attached hydrogen (secondary N) is 2. The van der Waals surface area contributed by atoms with Crippen LogP contribution in [0.4, 0.5) is 10.1 Å². The largest absolute Gasteiger partial charge is 0.462 e. The number of benzene rings is 2. The number of esters is 1. The van der Waals surface area contributed by atoms with Crippen LogP contribution < -0.4 is 10.6 Å². The van der Waals surface area contributed by atoms with Gasteiger partial charge in [-0.1, -0.05) is 18.2 Å². The van der Waals surface area contributed by atoms with E-state index in [1.807, 2.05) is 0 Å². The van der Waals surface area contributed by atoms with Crippen molar-refractivity contribution in [2.75, 3.05) is 25.0 Å². The van der Waals surface area contributed by atoms with Gasteiger partial charge in [-0.25, -0.2) is 9.18 Å². The van der Waals surface area contributed by atoms with Gasteiger partial charge < -0.3 is 15.4 Å². The predicted octanol–water partition coefficient (Wildman–Crippen LogP) is 3.16. The Labute approximate surface area is 152 Å². The summed E-state index contributed by atoms with van der Waals surface area (Å²) in [5.41, 5.74) is 1.72. The third-order valence-electron chi connectivity index (χ3n) is 3.74. The third-order valence-corrected chi connectivity index (χ3v) is 3.74. The first-order chi connectivity index (χ1) is 12.6. The maximum absolute atomic E-state index is 13.5. The Morgan fingerprint density at radius 1 is 1.04 bits per heavy atom. The summed E-state index contributed by atoms with van der Waals surface area (Å²) in [7, 11) is 0. The number of carbonyl (C=O) groups excluding carboxylic acids is 2. The molecule has 1 amide bonds. The number of amides is 1. The van der Waals surface area contributed by atoms with E-state index in [1.165, 1.54) is 6.07 Å². The SMILES string of the molecule is CCOC(=O)c1ccc(NC(=O)CCNCCc2ccccc2F)cc1. The van der Waals surface area contributed by atoms with Gasteiger partial charge in [-0.15, -0.1) is 0 Å². The molecule has 0 bridgehead atoms. The van der Waals surface area contributed by atoms with Crippen LogP contribution in [0, 0.1) is 5.82 Å². The molecule has 0 saturated heterocycles. The Hall–Kier alpha value is -2.73. The molecular weight excluding hydrogens is 335 g/mol. The second-order valence-electron chi connectivity index (χ2n) is 5.69. The van der Waals surface area contributed by atoms with Crippen LogP contribution in [0.3, 0.4) is 0 Å². The van der Waals surface area contributed by atoms with E-state index in [0.717, 1.165) is 0 Å². The highest BCUT2D eigenvalue weighted by Crippen LogP contribution is 2.11. The lowest BCUT2D eigenvalue weighted by Crippen LogP contribution is -2.23. The van der Waals surface area contributed by atoms with Crippen molar-refractivity contribution in [3.05, 3.63) is 65.5 Å². The second kappa shape index (κ2) is 10.3. The summed E-state index contributed by atoms with van der Waals surface area (Å²) < 4.78 is 18.4. The molecule has 138 valence electrons. The number of carbonyl (C=O) groups is 2. The fourth-order valence-corrected chi connectivity index (χ4v) is 2.38. The predicted molar refractivity (Wildman–Crippen MR) is 98.6 cm³/mol. The summed E-state index contributed by atoms with van der Waals surface area (Å²) in [5, 5.41) is 5.89. The molecule has 0 unspecified atom stereocenters. The molecule has 5 nitrogen and oxygen atoms in total. The van der Waals surface area contributed by atoms with E-state index in [4.69, 9.17) is 4.74 Å². The Kier molecular flexibility index (Phi) is 7.76. The third kappa shape index (κ3) is 6.29. The van der Waals surface area contributed by atoms with Crippen molar-refractivity contribution >= 4 is 17.6 Å². The highest BCUT2D eigenvalue weighted by Gasteiger charge is 2.07. The van der Waals surface area contributed by atoms with Gasteiger partial charge in [0.1, 0.15) is 5.82 Å². The first kappa shape index (κ1) is 19.6. The minimum absolute atomic E-state index is 0.132. The minimum atomic E-state index is -0.385. The molecule has 2 N–H and O–H groups in total. The van der Waals surface area contributed by atoms with Gasteiger partial charge >= 0.3 is 5.97 Å². The van der Waals surface area contributed by atoms with Gasteiger partial charge in [0, 0.05) is 18.7 Å². The van der Waals surface area contributed by atoms with E-state index in [-0.39, 0.29) is 17.7 Å². The van der Waals surface area contributed by atoms with E-state index in [2.05, 4.69) is 10.6 Å². The first-order valence-corrected chi connectivity index (χ1v) is 8.61. The van der Waals surface area contributed by atoms with E-state index in [1.54, 1.807) is 49.4 Å². The van der Waals surface area contributed by atoms with E-state index >= 15 is 0 Å². The molecule has 0 aromatic heterocycles. The van der Waals surface area contributed by atoms with Gasteiger partial charge in [-0.05, 0) is 55.8 Å². The molecule has 0 radical (unpaired) electrons. The average Bonchev–Trinajstić information content (AvgIpc) is 2.63. The van der Waals surface area contributed by atoms with E-state index in [0.29, 0.717) is 49.4 Å². The standard InChI is InChI=1S/C20H23FN2O3/c1-2-26-20(25)16-7-9-17(10-8-16)23-19(24)12-14-22-13-11-15-5-3-4-6-18(15)21/h3-10,22H,2,11-14H2,1H3,(H,23,24). The van der Waals surface area contributed by atoms with Gasteiger partial charge in [0.05, 0.1) is 12.2 Å². The maximum Gasteiger partial charge on any atom is 0.338 e. The number of anilines is 1. The Morgan fingerprint density at radius 2 is 1.77 bits per heavy atom.